The van der Waals surface area contributed by atoms with Gasteiger partial charge in [-0.1, -0.05) is 30.3 Å². The van der Waals surface area contributed by atoms with Crippen LogP contribution in [-0.4, -0.2) is 44.2 Å². The molecule has 0 N–H and O–H groups in total. The molecule has 0 aromatic heterocycles. The van der Waals surface area contributed by atoms with Crippen LogP contribution in [0.15, 0.2) is 30.3 Å². The van der Waals surface area contributed by atoms with Crippen molar-refractivity contribution >= 4 is 11.9 Å². The molecule has 0 radical (unpaired) electrons. The van der Waals surface area contributed by atoms with Gasteiger partial charge < -0.3 is 18.9 Å². The van der Waals surface area contributed by atoms with Gasteiger partial charge in [0.1, 0.15) is 0 Å². The predicted molar refractivity (Wildman–Crippen MR) is 84.2 cm³/mol. The topological polar surface area (TPSA) is 71.1 Å². The van der Waals surface area contributed by atoms with Crippen LogP contribution in [0.4, 0.5) is 0 Å². The summed E-state index contributed by atoms with van der Waals surface area (Å²) in [7, 11) is 2.52. The Morgan fingerprint density at radius 3 is 1.92 bits per heavy atom. The molecule has 2 fully saturated rings. The maximum absolute atomic E-state index is 11.9. The summed E-state index contributed by atoms with van der Waals surface area (Å²) >= 11 is 0. The summed E-state index contributed by atoms with van der Waals surface area (Å²) in [6, 6.07) is 10.3. The fourth-order valence-electron chi connectivity index (χ4n) is 3.54. The molecule has 0 amide bonds. The number of ether oxygens (including phenoxy) is 4. The molecule has 130 valence electrons. The molecule has 1 aliphatic heterocycles. The van der Waals surface area contributed by atoms with Gasteiger partial charge in [0, 0.05) is 12.8 Å². The highest BCUT2D eigenvalue weighted by Crippen LogP contribution is 2.45. The van der Waals surface area contributed by atoms with Crippen LogP contribution in [0.5, 0.6) is 0 Å². The first-order chi connectivity index (χ1) is 11.6. The molecule has 3 rings (SSSR count). The van der Waals surface area contributed by atoms with E-state index in [9.17, 15) is 9.59 Å². The number of benzene rings is 1. The molecule has 1 heterocycles. The van der Waals surface area contributed by atoms with Crippen LogP contribution in [0.1, 0.15) is 37.2 Å². The monoisotopic (exact) mass is 334 g/mol. The smallest absolute Gasteiger partial charge is 0.338 e. The Balaban J connectivity index is 1.71. The van der Waals surface area contributed by atoms with Gasteiger partial charge in [0.15, 0.2) is 18.0 Å². The van der Waals surface area contributed by atoms with E-state index in [2.05, 4.69) is 12.1 Å². The first-order valence-electron chi connectivity index (χ1n) is 8.15. The van der Waals surface area contributed by atoms with Gasteiger partial charge in [-0.25, -0.2) is 9.59 Å². The highest BCUT2D eigenvalue weighted by atomic mass is 16.8. The molecule has 2 atom stereocenters. The highest BCUT2D eigenvalue weighted by molar-refractivity contribution is 5.86. The Hall–Kier alpha value is -1.92. The molecular weight excluding hydrogens is 312 g/mol. The molecule has 6 nitrogen and oxygen atoms in total. The van der Waals surface area contributed by atoms with E-state index in [0.717, 1.165) is 12.8 Å². The minimum atomic E-state index is -1.07. The maximum Gasteiger partial charge on any atom is 0.338 e. The number of hydrogen-bond donors (Lipinski definition) is 0. The van der Waals surface area contributed by atoms with Crippen LogP contribution < -0.4 is 0 Å². The van der Waals surface area contributed by atoms with Crippen LogP contribution in [0.25, 0.3) is 0 Å². The van der Waals surface area contributed by atoms with E-state index in [1.807, 2.05) is 18.2 Å². The van der Waals surface area contributed by atoms with E-state index in [1.54, 1.807) is 0 Å². The normalized spacial score (nSPS) is 26.2. The lowest BCUT2D eigenvalue weighted by atomic mass is 9.81. The number of carbonyl (C=O) groups excluding carboxylic acids is 2. The summed E-state index contributed by atoms with van der Waals surface area (Å²) in [5.41, 5.74) is 1.29. The van der Waals surface area contributed by atoms with Crippen molar-refractivity contribution < 1.29 is 28.5 Å². The van der Waals surface area contributed by atoms with E-state index in [1.165, 1.54) is 19.8 Å². The van der Waals surface area contributed by atoms with Gasteiger partial charge in [-0.05, 0) is 24.3 Å². The predicted octanol–water partition coefficient (Wildman–Crippen LogP) is 2.17. The minimum absolute atomic E-state index is 0.428. The second-order valence-electron chi connectivity index (χ2n) is 6.22. The van der Waals surface area contributed by atoms with Crippen LogP contribution >= 0.6 is 0 Å². The Bertz CT molecular complexity index is 565. The van der Waals surface area contributed by atoms with E-state index < -0.39 is 29.9 Å². The Morgan fingerprint density at radius 2 is 1.46 bits per heavy atom. The van der Waals surface area contributed by atoms with E-state index in [-0.39, 0.29) is 0 Å². The number of hydrogen-bond acceptors (Lipinski definition) is 6. The molecule has 2 aliphatic rings. The lowest BCUT2D eigenvalue weighted by Gasteiger charge is -2.35. The van der Waals surface area contributed by atoms with E-state index >= 15 is 0 Å². The molecule has 1 aliphatic carbocycles. The van der Waals surface area contributed by atoms with Crippen molar-refractivity contribution in [1.29, 1.82) is 0 Å². The van der Waals surface area contributed by atoms with E-state index in [4.69, 9.17) is 18.9 Å². The van der Waals surface area contributed by atoms with Gasteiger partial charge in [-0.15, -0.1) is 0 Å². The number of methoxy groups -OCH3 is 2. The molecule has 6 heteroatoms. The highest BCUT2D eigenvalue weighted by Gasteiger charge is 2.55. The summed E-state index contributed by atoms with van der Waals surface area (Å²) in [6.45, 7) is 0. The average Bonchev–Trinajstić information content (AvgIpc) is 3.01. The summed E-state index contributed by atoms with van der Waals surface area (Å²) in [6.07, 6.45) is 0.824. The van der Waals surface area contributed by atoms with Gasteiger partial charge in [-0.3, -0.25) is 0 Å². The fourth-order valence-corrected chi connectivity index (χ4v) is 3.54. The first-order valence-corrected chi connectivity index (χ1v) is 8.15. The summed E-state index contributed by atoms with van der Waals surface area (Å²) in [5.74, 6) is -1.72. The number of esters is 2. The second kappa shape index (κ2) is 6.91. The molecular formula is C18H22O6. The summed E-state index contributed by atoms with van der Waals surface area (Å²) in [5, 5.41) is 0. The fraction of sp³-hybridized carbons (Fsp3) is 0.556. The molecule has 0 unspecified atom stereocenters. The van der Waals surface area contributed by atoms with Crippen LogP contribution in [-0.2, 0) is 28.5 Å². The third-order valence-electron chi connectivity index (χ3n) is 4.84. The van der Waals surface area contributed by atoms with Crippen molar-refractivity contribution in [2.75, 3.05) is 14.2 Å². The van der Waals surface area contributed by atoms with Crippen molar-refractivity contribution in [3.8, 4) is 0 Å². The van der Waals surface area contributed by atoms with Gasteiger partial charge in [0.25, 0.3) is 0 Å². The Kier molecular flexibility index (Phi) is 4.87. The molecule has 24 heavy (non-hydrogen) atoms. The van der Waals surface area contributed by atoms with Gasteiger partial charge in [0.05, 0.1) is 14.2 Å². The molecule has 1 spiro atoms. The molecule has 1 aromatic carbocycles. The zero-order valence-corrected chi connectivity index (χ0v) is 13.9. The minimum Gasteiger partial charge on any atom is -0.467 e. The van der Waals surface area contributed by atoms with Gasteiger partial charge in [0.2, 0.25) is 0 Å². The number of carbonyl (C=O) groups is 2. The summed E-state index contributed by atoms with van der Waals surface area (Å²) in [4.78, 5) is 23.8. The third kappa shape index (κ3) is 3.16. The molecule has 1 saturated heterocycles. The zero-order valence-electron chi connectivity index (χ0n) is 13.9. The van der Waals surface area contributed by atoms with Crippen LogP contribution in [0.2, 0.25) is 0 Å². The van der Waals surface area contributed by atoms with Crippen molar-refractivity contribution in [2.24, 2.45) is 0 Å². The van der Waals surface area contributed by atoms with Crippen molar-refractivity contribution in [2.45, 2.75) is 49.6 Å². The van der Waals surface area contributed by atoms with Gasteiger partial charge in [-0.2, -0.15) is 0 Å². The molecule has 0 bridgehead atoms. The van der Waals surface area contributed by atoms with Crippen molar-refractivity contribution in [3.63, 3.8) is 0 Å². The maximum atomic E-state index is 11.9. The largest absolute Gasteiger partial charge is 0.467 e. The van der Waals surface area contributed by atoms with Crippen molar-refractivity contribution in [3.05, 3.63) is 35.9 Å². The number of rotatable bonds is 3. The van der Waals surface area contributed by atoms with Crippen molar-refractivity contribution in [1.82, 2.24) is 0 Å². The average molecular weight is 334 g/mol. The van der Waals surface area contributed by atoms with Crippen LogP contribution in [0, 0.1) is 0 Å². The summed E-state index contributed by atoms with van der Waals surface area (Å²) < 4.78 is 21.2. The SMILES string of the molecule is COC(=O)[C@H]1OC2(CCC(c3ccccc3)CC2)O[C@@H]1C(=O)OC. The van der Waals surface area contributed by atoms with E-state index in [0.29, 0.717) is 18.8 Å². The standard InChI is InChI=1S/C18H22O6/c1-21-16(19)14-15(17(20)22-2)24-18(23-14)10-8-13(9-11-18)12-6-4-3-5-7-12/h3-7,13-15H,8-11H2,1-2H3/t14-,15-/m0/s1. The van der Waals surface area contributed by atoms with Gasteiger partial charge >= 0.3 is 11.9 Å². The second-order valence-corrected chi connectivity index (χ2v) is 6.22. The molecule has 1 saturated carbocycles. The van der Waals surface area contributed by atoms with Crippen LogP contribution in [0.3, 0.4) is 0 Å². The zero-order chi connectivity index (χ0) is 17.2. The third-order valence-corrected chi connectivity index (χ3v) is 4.84. The first kappa shape index (κ1) is 16.9. The Labute approximate surface area is 141 Å². The Morgan fingerprint density at radius 1 is 0.958 bits per heavy atom. The quantitative estimate of drug-likeness (QED) is 0.789. The lowest BCUT2D eigenvalue weighted by molar-refractivity contribution is -0.203. The molecule has 1 aromatic rings. The lowest BCUT2D eigenvalue weighted by Crippen LogP contribution is -2.38.